The standard InChI is InChI=1S/C10H24N2.H3N/c1-3-5-7-9-12(11)10-8-6-4-2;/h3-11H2,1-2H3;1H3. The molecular formula is C10H27N3. The van der Waals surface area contributed by atoms with Gasteiger partial charge in [-0.25, -0.2) is 5.01 Å². The van der Waals surface area contributed by atoms with E-state index in [-0.39, 0.29) is 6.15 Å². The highest BCUT2D eigenvalue weighted by atomic mass is 15.4. The zero-order valence-corrected chi connectivity index (χ0v) is 9.39. The summed E-state index contributed by atoms with van der Waals surface area (Å²) in [6.07, 6.45) is 7.67. The van der Waals surface area contributed by atoms with Crippen LogP contribution in [-0.2, 0) is 0 Å². The third-order valence-corrected chi connectivity index (χ3v) is 2.10. The van der Waals surface area contributed by atoms with Gasteiger partial charge in [0.1, 0.15) is 0 Å². The van der Waals surface area contributed by atoms with Gasteiger partial charge in [0.05, 0.1) is 0 Å². The average molecular weight is 189 g/mol. The lowest BCUT2D eigenvalue weighted by molar-refractivity contribution is 0.270. The summed E-state index contributed by atoms with van der Waals surface area (Å²) in [5.74, 6) is 5.79. The van der Waals surface area contributed by atoms with Crippen molar-refractivity contribution in [3.8, 4) is 0 Å². The molecule has 0 spiro atoms. The predicted molar refractivity (Wildman–Crippen MR) is 59.8 cm³/mol. The highest BCUT2D eigenvalue weighted by molar-refractivity contribution is 4.49. The molecule has 0 saturated heterocycles. The molecule has 0 saturated carbocycles. The number of nitrogens with two attached hydrogens (primary N) is 1. The van der Waals surface area contributed by atoms with E-state index in [1.165, 1.54) is 38.5 Å². The van der Waals surface area contributed by atoms with E-state index >= 15 is 0 Å². The Morgan fingerprint density at radius 3 is 1.54 bits per heavy atom. The molecule has 0 aliphatic rings. The van der Waals surface area contributed by atoms with Crippen LogP contribution in [-0.4, -0.2) is 18.1 Å². The molecule has 0 heterocycles. The predicted octanol–water partition coefficient (Wildman–Crippen LogP) is 2.70. The van der Waals surface area contributed by atoms with Gasteiger partial charge in [-0.2, -0.15) is 0 Å². The van der Waals surface area contributed by atoms with Gasteiger partial charge in [-0.3, -0.25) is 5.84 Å². The van der Waals surface area contributed by atoms with Crippen molar-refractivity contribution in [2.75, 3.05) is 13.1 Å². The van der Waals surface area contributed by atoms with Crippen LogP contribution in [0.2, 0.25) is 0 Å². The molecule has 0 unspecified atom stereocenters. The molecule has 0 aromatic rings. The SMILES string of the molecule is CCCCCN(N)CCCCC.N. The number of hydrogen-bond acceptors (Lipinski definition) is 3. The monoisotopic (exact) mass is 189 g/mol. The summed E-state index contributed by atoms with van der Waals surface area (Å²) in [4.78, 5) is 0. The molecule has 0 aromatic heterocycles. The van der Waals surface area contributed by atoms with Crippen LogP contribution >= 0.6 is 0 Å². The molecule has 13 heavy (non-hydrogen) atoms. The largest absolute Gasteiger partial charge is 0.344 e. The van der Waals surface area contributed by atoms with Crippen LogP contribution in [0.25, 0.3) is 0 Å². The summed E-state index contributed by atoms with van der Waals surface area (Å²) in [5.41, 5.74) is 0. The van der Waals surface area contributed by atoms with E-state index in [4.69, 9.17) is 5.84 Å². The highest BCUT2D eigenvalue weighted by Gasteiger charge is 1.96. The van der Waals surface area contributed by atoms with Gasteiger partial charge in [0.25, 0.3) is 0 Å². The second-order valence-corrected chi connectivity index (χ2v) is 3.45. The molecule has 0 aliphatic carbocycles. The summed E-state index contributed by atoms with van der Waals surface area (Å²) >= 11 is 0. The fourth-order valence-electron chi connectivity index (χ4n) is 1.24. The number of hydrogen-bond donors (Lipinski definition) is 2. The normalized spacial score (nSPS) is 10.2. The molecule has 0 aromatic carbocycles. The number of rotatable bonds is 8. The second kappa shape index (κ2) is 11.9. The highest BCUT2D eigenvalue weighted by Crippen LogP contribution is 1.98. The van der Waals surface area contributed by atoms with E-state index in [2.05, 4.69) is 13.8 Å². The molecule has 3 heteroatoms. The molecule has 0 atom stereocenters. The average Bonchev–Trinajstić information content (AvgIpc) is 2.06. The first kappa shape index (κ1) is 15.4. The quantitative estimate of drug-likeness (QED) is 0.350. The third-order valence-electron chi connectivity index (χ3n) is 2.10. The molecule has 0 amide bonds. The Balaban J connectivity index is 0. The van der Waals surface area contributed by atoms with Gasteiger partial charge in [0.2, 0.25) is 0 Å². The van der Waals surface area contributed by atoms with Crippen molar-refractivity contribution in [1.29, 1.82) is 0 Å². The molecule has 0 aliphatic heterocycles. The summed E-state index contributed by atoms with van der Waals surface area (Å²) in [5, 5.41) is 1.96. The maximum Gasteiger partial charge on any atom is 0.0128 e. The minimum Gasteiger partial charge on any atom is -0.344 e. The van der Waals surface area contributed by atoms with Crippen LogP contribution in [0.4, 0.5) is 0 Å². The first-order valence-corrected chi connectivity index (χ1v) is 5.30. The summed E-state index contributed by atoms with van der Waals surface area (Å²) < 4.78 is 0. The van der Waals surface area contributed by atoms with E-state index in [9.17, 15) is 0 Å². The van der Waals surface area contributed by atoms with Crippen molar-refractivity contribution in [2.45, 2.75) is 52.4 Å². The number of hydrazine groups is 1. The molecule has 0 radical (unpaired) electrons. The Kier molecular flexibility index (Phi) is 14.0. The van der Waals surface area contributed by atoms with Crippen molar-refractivity contribution < 1.29 is 0 Å². The molecule has 5 N–H and O–H groups in total. The van der Waals surface area contributed by atoms with Crippen LogP contribution in [0.1, 0.15) is 52.4 Å². The van der Waals surface area contributed by atoms with E-state index in [1.54, 1.807) is 0 Å². The Hall–Kier alpha value is -0.120. The second-order valence-electron chi connectivity index (χ2n) is 3.45. The van der Waals surface area contributed by atoms with Crippen molar-refractivity contribution in [3.05, 3.63) is 0 Å². The van der Waals surface area contributed by atoms with Crippen LogP contribution in [0.5, 0.6) is 0 Å². The van der Waals surface area contributed by atoms with E-state index < -0.39 is 0 Å². The minimum atomic E-state index is 0. The summed E-state index contributed by atoms with van der Waals surface area (Å²) in [7, 11) is 0. The first-order valence-electron chi connectivity index (χ1n) is 5.30. The van der Waals surface area contributed by atoms with E-state index in [0.717, 1.165) is 13.1 Å². The molecular weight excluding hydrogens is 162 g/mol. The molecule has 0 bridgehead atoms. The van der Waals surface area contributed by atoms with Gasteiger partial charge >= 0.3 is 0 Å². The third kappa shape index (κ3) is 11.9. The van der Waals surface area contributed by atoms with Gasteiger partial charge in [0, 0.05) is 13.1 Å². The van der Waals surface area contributed by atoms with Crippen LogP contribution in [0.15, 0.2) is 0 Å². The molecule has 0 rings (SSSR count). The number of nitrogens with zero attached hydrogens (tertiary/aromatic N) is 1. The molecule has 82 valence electrons. The van der Waals surface area contributed by atoms with Crippen molar-refractivity contribution >= 4 is 0 Å². The topological polar surface area (TPSA) is 64.3 Å². The van der Waals surface area contributed by atoms with Gasteiger partial charge in [-0.15, -0.1) is 0 Å². The van der Waals surface area contributed by atoms with Crippen LogP contribution in [0.3, 0.4) is 0 Å². The Bertz CT molecular complexity index is 76.2. The van der Waals surface area contributed by atoms with Gasteiger partial charge in [0.15, 0.2) is 0 Å². The van der Waals surface area contributed by atoms with Gasteiger partial charge in [-0.05, 0) is 12.8 Å². The van der Waals surface area contributed by atoms with Gasteiger partial charge < -0.3 is 6.15 Å². The zero-order valence-electron chi connectivity index (χ0n) is 9.39. The maximum atomic E-state index is 5.79. The first-order chi connectivity index (χ1) is 5.81. The minimum absolute atomic E-state index is 0. The lowest BCUT2D eigenvalue weighted by Crippen LogP contribution is -2.32. The lowest BCUT2D eigenvalue weighted by Gasteiger charge is -2.15. The van der Waals surface area contributed by atoms with Crippen LogP contribution < -0.4 is 12.0 Å². The van der Waals surface area contributed by atoms with E-state index in [1.807, 2.05) is 5.01 Å². The van der Waals surface area contributed by atoms with Crippen molar-refractivity contribution in [1.82, 2.24) is 11.2 Å². The summed E-state index contributed by atoms with van der Waals surface area (Å²) in [6.45, 7) is 6.57. The fourth-order valence-corrected chi connectivity index (χ4v) is 1.24. The number of unbranched alkanes of at least 4 members (excludes halogenated alkanes) is 4. The van der Waals surface area contributed by atoms with Crippen molar-refractivity contribution in [2.24, 2.45) is 5.84 Å². The summed E-state index contributed by atoms with van der Waals surface area (Å²) in [6, 6.07) is 0. The lowest BCUT2D eigenvalue weighted by atomic mass is 10.2. The Morgan fingerprint density at radius 2 is 1.23 bits per heavy atom. The molecule has 0 fully saturated rings. The fraction of sp³-hybridized carbons (Fsp3) is 1.00. The maximum absolute atomic E-state index is 5.79. The smallest absolute Gasteiger partial charge is 0.0128 e. The zero-order chi connectivity index (χ0) is 9.23. The van der Waals surface area contributed by atoms with Crippen LogP contribution in [0, 0.1) is 0 Å². The molecule has 3 nitrogen and oxygen atoms in total. The Morgan fingerprint density at radius 1 is 0.846 bits per heavy atom. The Labute approximate surface area is 83.2 Å². The van der Waals surface area contributed by atoms with E-state index in [0.29, 0.717) is 0 Å². The van der Waals surface area contributed by atoms with Gasteiger partial charge in [-0.1, -0.05) is 39.5 Å². The van der Waals surface area contributed by atoms with Crippen molar-refractivity contribution in [3.63, 3.8) is 0 Å².